The predicted octanol–water partition coefficient (Wildman–Crippen LogP) is 5.58. The van der Waals surface area contributed by atoms with E-state index in [9.17, 15) is 18.0 Å². The van der Waals surface area contributed by atoms with Crippen molar-refractivity contribution in [1.29, 1.82) is 0 Å². The number of nitrogens with zero attached hydrogens (tertiary/aromatic N) is 1. The van der Waals surface area contributed by atoms with E-state index in [0.29, 0.717) is 11.8 Å². The van der Waals surface area contributed by atoms with Gasteiger partial charge in [0.25, 0.3) is 0 Å². The Morgan fingerprint density at radius 2 is 1.64 bits per heavy atom. The average molecular weight is 391 g/mol. The van der Waals surface area contributed by atoms with Gasteiger partial charge < -0.3 is 4.74 Å². The maximum Gasteiger partial charge on any atom is 0.312 e. The van der Waals surface area contributed by atoms with Gasteiger partial charge in [-0.25, -0.2) is 13.2 Å². The minimum Gasteiger partial charge on any atom is -0.460 e. The molecule has 0 aliphatic heterocycles. The topological polar surface area (TPSA) is 38.7 Å². The standard InChI is InChI=1S/C22H24F3NO2/c1-14(15-8-6-5-7-9-15)26-17(12-21(27)28-22(2,3)4)10-16-11-19(24)20(25)13-18(16)23/h5-9,11,13-14H,10,12H2,1-4H3/t14-/m1/s1. The predicted molar refractivity (Wildman–Crippen MR) is 103 cm³/mol. The van der Waals surface area contributed by atoms with Crippen molar-refractivity contribution in [1.82, 2.24) is 0 Å². The maximum absolute atomic E-state index is 14.1. The second-order valence-electron chi connectivity index (χ2n) is 7.58. The van der Waals surface area contributed by atoms with Crippen LogP contribution in [-0.2, 0) is 16.0 Å². The Labute approximate surface area is 163 Å². The summed E-state index contributed by atoms with van der Waals surface area (Å²) in [6.07, 6.45) is -0.299. The number of hydrogen-bond donors (Lipinski definition) is 0. The molecule has 0 bridgehead atoms. The van der Waals surface area contributed by atoms with E-state index in [0.717, 1.165) is 11.6 Å². The highest BCUT2D eigenvalue weighted by Crippen LogP contribution is 2.20. The molecule has 6 heteroatoms. The largest absolute Gasteiger partial charge is 0.460 e. The number of carbonyl (C=O) groups excluding carboxylic acids is 1. The summed E-state index contributed by atoms with van der Waals surface area (Å²) >= 11 is 0. The smallest absolute Gasteiger partial charge is 0.312 e. The zero-order valence-electron chi connectivity index (χ0n) is 16.4. The fourth-order valence-electron chi connectivity index (χ4n) is 2.70. The second kappa shape index (κ2) is 9.04. The van der Waals surface area contributed by atoms with Crippen molar-refractivity contribution in [2.45, 2.75) is 52.2 Å². The van der Waals surface area contributed by atoms with Crippen LogP contribution in [0, 0.1) is 17.5 Å². The zero-order chi connectivity index (χ0) is 20.9. The summed E-state index contributed by atoms with van der Waals surface area (Å²) in [7, 11) is 0. The first-order valence-corrected chi connectivity index (χ1v) is 9.01. The number of ether oxygens (including phenoxy) is 1. The van der Waals surface area contributed by atoms with E-state index in [2.05, 4.69) is 4.99 Å². The molecule has 0 aliphatic rings. The Morgan fingerprint density at radius 3 is 2.25 bits per heavy atom. The van der Waals surface area contributed by atoms with Crippen LogP contribution in [0.1, 0.15) is 51.3 Å². The molecule has 28 heavy (non-hydrogen) atoms. The highest BCUT2D eigenvalue weighted by atomic mass is 19.2. The summed E-state index contributed by atoms with van der Waals surface area (Å²) in [5, 5.41) is 0. The maximum atomic E-state index is 14.1. The van der Waals surface area contributed by atoms with Gasteiger partial charge in [-0.2, -0.15) is 0 Å². The van der Waals surface area contributed by atoms with Gasteiger partial charge in [0.1, 0.15) is 11.4 Å². The first-order chi connectivity index (χ1) is 13.0. The molecule has 0 aliphatic carbocycles. The molecule has 3 nitrogen and oxygen atoms in total. The van der Waals surface area contributed by atoms with Crippen molar-refractivity contribution in [2.24, 2.45) is 4.99 Å². The van der Waals surface area contributed by atoms with Gasteiger partial charge in [-0.15, -0.1) is 0 Å². The van der Waals surface area contributed by atoms with Crippen LogP contribution in [0.4, 0.5) is 13.2 Å². The van der Waals surface area contributed by atoms with Crippen LogP contribution in [0.5, 0.6) is 0 Å². The van der Waals surface area contributed by atoms with Crippen LogP contribution in [0.15, 0.2) is 47.5 Å². The molecule has 2 aromatic rings. The Kier molecular flexibility index (Phi) is 7.00. The fourth-order valence-corrected chi connectivity index (χ4v) is 2.70. The van der Waals surface area contributed by atoms with Crippen molar-refractivity contribution < 1.29 is 22.7 Å². The molecule has 2 rings (SSSR count). The molecule has 0 saturated heterocycles. The van der Waals surface area contributed by atoms with Gasteiger partial charge in [-0.1, -0.05) is 30.3 Å². The fraction of sp³-hybridized carbons (Fsp3) is 0.364. The summed E-state index contributed by atoms with van der Waals surface area (Å²) in [6.45, 7) is 7.06. The summed E-state index contributed by atoms with van der Waals surface area (Å²) < 4.78 is 46.2. The first-order valence-electron chi connectivity index (χ1n) is 9.01. The molecule has 0 amide bonds. The normalized spacial score (nSPS) is 13.3. The van der Waals surface area contributed by atoms with E-state index in [-0.39, 0.29) is 24.4 Å². The number of benzene rings is 2. The molecular weight excluding hydrogens is 367 g/mol. The third kappa shape index (κ3) is 6.51. The minimum atomic E-state index is -1.26. The van der Waals surface area contributed by atoms with Crippen molar-refractivity contribution in [3.63, 3.8) is 0 Å². The van der Waals surface area contributed by atoms with Gasteiger partial charge in [0.2, 0.25) is 0 Å². The molecule has 2 aromatic carbocycles. The van der Waals surface area contributed by atoms with Crippen LogP contribution in [0.3, 0.4) is 0 Å². The van der Waals surface area contributed by atoms with Crippen molar-refractivity contribution in [2.75, 3.05) is 0 Å². The van der Waals surface area contributed by atoms with Gasteiger partial charge in [0.05, 0.1) is 12.5 Å². The molecule has 0 aromatic heterocycles. The Hall–Kier alpha value is -2.63. The van der Waals surface area contributed by atoms with Crippen molar-refractivity contribution >= 4 is 11.7 Å². The van der Waals surface area contributed by atoms with E-state index < -0.39 is 29.0 Å². The van der Waals surface area contributed by atoms with Crippen molar-refractivity contribution in [3.05, 3.63) is 71.0 Å². The van der Waals surface area contributed by atoms with Crippen LogP contribution in [0.25, 0.3) is 0 Å². The molecular formula is C22H24F3NO2. The third-order valence-electron chi connectivity index (χ3n) is 3.91. The monoisotopic (exact) mass is 391 g/mol. The number of esters is 1. The van der Waals surface area contributed by atoms with Crippen molar-refractivity contribution in [3.8, 4) is 0 Å². The molecule has 0 spiro atoms. The second-order valence-corrected chi connectivity index (χ2v) is 7.58. The average Bonchev–Trinajstić information content (AvgIpc) is 2.58. The molecule has 0 heterocycles. The lowest BCUT2D eigenvalue weighted by atomic mass is 10.0. The van der Waals surface area contributed by atoms with E-state index in [4.69, 9.17) is 4.74 Å². The number of aliphatic imine (C=N–C) groups is 1. The first kappa shape index (κ1) is 21.7. The van der Waals surface area contributed by atoms with E-state index in [1.807, 2.05) is 37.3 Å². The lowest BCUT2D eigenvalue weighted by Gasteiger charge is -2.20. The summed E-state index contributed by atoms with van der Waals surface area (Å²) in [5.74, 6) is -3.81. The summed E-state index contributed by atoms with van der Waals surface area (Å²) in [5.41, 5.74) is 0.493. The van der Waals surface area contributed by atoms with Crippen LogP contribution in [0.2, 0.25) is 0 Å². The lowest BCUT2D eigenvalue weighted by molar-refractivity contribution is -0.153. The molecule has 0 unspecified atom stereocenters. The van der Waals surface area contributed by atoms with Crippen LogP contribution >= 0.6 is 0 Å². The lowest BCUT2D eigenvalue weighted by Crippen LogP contribution is -2.26. The van der Waals surface area contributed by atoms with Crippen LogP contribution in [-0.4, -0.2) is 17.3 Å². The van der Waals surface area contributed by atoms with Gasteiger partial charge in [0.15, 0.2) is 11.6 Å². The quantitative estimate of drug-likeness (QED) is 0.366. The van der Waals surface area contributed by atoms with Gasteiger partial charge >= 0.3 is 5.97 Å². The van der Waals surface area contributed by atoms with E-state index in [1.165, 1.54) is 0 Å². The number of carbonyl (C=O) groups is 1. The van der Waals surface area contributed by atoms with Crippen LogP contribution < -0.4 is 0 Å². The highest BCUT2D eigenvalue weighted by Gasteiger charge is 2.20. The Morgan fingerprint density at radius 1 is 1.04 bits per heavy atom. The molecule has 1 atom stereocenters. The highest BCUT2D eigenvalue weighted by molar-refractivity contribution is 6.00. The number of hydrogen-bond acceptors (Lipinski definition) is 3. The molecule has 0 saturated carbocycles. The van der Waals surface area contributed by atoms with Gasteiger partial charge in [-0.05, 0) is 44.9 Å². The van der Waals surface area contributed by atoms with Gasteiger partial charge in [0, 0.05) is 18.2 Å². The summed E-state index contributed by atoms with van der Waals surface area (Å²) in [6, 6.07) is 10.4. The molecule has 0 N–H and O–H groups in total. The number of rotatable bonds is 6. The SMILES string of the molecule is C[C@@H](N=C(CC(=O)OC(C)(C)C)Cc1cc(F)c(F)cc1F)c1ccccc1. The Balaban J connectivity index is 2.31. The van der Waals surface area contributed by atoms with E-state index >= 15 is 0 Å². The Bertz CT molecular complexity index is 858. The molecule has 150 valence electrons. The summed E-state index contributed by atoms with van der Waals surface area (Å²) in [4.78, 5) is 16.8. The minimum absolute atomic E-state index is 0.0681. The molecule has 0 fully saturated rings. The van der Waals surface area contributed by atoms with Gasteiger partial charge in [-0.3, -0.25) is 9.79 Å². The van der Waals surface area contributed by atoms with E-state index in [1.54, 1.807) is 20.8 Å². The number of halogens is 3. The molecule has 0 radical (unpaired) electrons. The zero-order valence-corrected chi connectivity index (χ0v) is 16.4. The third-order valence-corrected chi connectivity index (χ3v) is 3.91.